The van der Waals surface area contributed by atoms with E-state index in [0.29, 0.717) is 29.6 Å². The van der Waals surface area contributed by atoms with Gasteiger partial charge in [0.05, 0.1) is 24.1 Å². The maximum absolute atomic E-state index is 11.8. The van der Waals surface area contributed by atoms with Crippen LogP contribution in [0.5, 0.6) is 0 Å². The van der Waals surface area contributed by atoms with E-state index in [1.54, 1.807) is 30.9 Å². The van der Waals surface area contributed by atoms with Crippen molar-refractivity contribution in [2.24, 2.45) is 5.92 Å². The van der Waals surface area contributed by atoms with Gasteiger partial charge in [0.1, 0.15) is 5.82 Å². The summed E-state index contributed by atoms with van der Waals surface area (Å²) in [6.45, 7) is 5.04. The number of hydrogen-bond donors (Lipinski definition) is 2. The minimum atomic E-state index is -0.378. The number of nitrogens with zero attached hydrogens (tertiary/aromatic N) is 1. The van der Waals surface area contributed by atoms with Crippen molar-refractivity contribution in [3.63, 3.8) is 0 Å². The van der Waals surface area contributed by atoms with Crippen LogP contribution in [0.15, 0.2) is 12.3 Å². The van der Waals surface area contributed by atoms with E-state index in [4.69, 9.17) is 10.5 Å². The molecule has 1 unspecified atom stereocenters. The van der Waals surface area contributed by atoms with Crippen LogP contribution in [0.25, 0.3) is 0 Å². The number of ether oxygens (including phenoxy) is 1. The molecular formula is C13H21N3O2S. The number of carbonyl (C=O) groups is 1. The van der Waals surface area contributed by atoms with E-state index in [-0.39, 0.29) is 5.97 Å². The van der Waals surface area contributed by atoms with Gasteiger partial charge in [-0.3, -0.25) is 0 Å². The summed E-state index contributed by atoms with van der Waals surface area (Å²) >= 11 is 1.80. The molecular weight excluding hydrogens is 262 g/mol. The number of aromatic nitrogens is 1. The highest BCUT2D eigenvalue weighted by atomic mass is 32.2. The van der Waals surface area contributed by atoms with Gasteiger partial charge in [0.15, 0.2) is 0 Å². The van der Waals surface area contributed by atoms with Crippen LogP contribution in [0, 0.1) is 5.92 Å². The lowest BCUT2D eigenvalue weighted by Gasteiger charge is -2.15. The number of esters is 1. The van der Waals surface area contributed by atoms with Gasteiger partial charge in [-0.25, -0.2) is 9.78 Å². The Morgan fingerprint density at radius 2 is 2.37 bits per heavy atom. The summed E-state index contributed by atoms with van der Waals surface area (Å²) in [5, 5.41) is 3.23. The first-order chi connectivity index (χ1) is 9.08. The van der Waals surface area contributed by atoms with Gasteiger partial charge in [-0.05, 0) is 30.9 Å². The molecule has 0 saturated carbocycles. The normalized spacial score (nSPS) is 11.9. The van der Waals surface area contributed by atoms with Crippen molar-refractivity contribution in [2.75, 3.05) is 36.2 Å². The molecule has 0 aromatic carbocycles. The van der Waals surface area contributed by atoms with Crippen LogP contribution in [0.3, 0.4) is 0 Å². The van der Waals surface area contributed by atoms with Crippen molar-refractivity contribution in [1.82, 2.24) is 4.98 Å². The van der Waals surface area contributed by atoms with Gasteiger partial charge in [0.25, 0.3) is 0 Å². The molecule has 6 heteroatoms. The largest absolute Gasteiger partial charge is 0.462 e. The molecule has 0 radical (unpaired) electrons. The predicted octanol–water partition coefficient (Wildman–Crippen LogP) is 2.25. The molecule has 0 spiro atoms. The van der Waals surface area contributed by atoms with Gasteiger partial charge in [0.2, 0.25) is 0 Å². The number of nitrogens with two attached hydrogens (primary N) is 1. The van der Waals surface area contributed by atoms with Crippen molar-refractivity contribution >= 4 is 29.2 Å². The predicted molar refractivity (Wildman–Crippen MR) is 80.6 cm³/mol. The molecule has 1 aromatic rings. The highest BCUT2D eigenvalue weighted by molar-refractivity contribution is 7.98. The van der Waals surface area contributed by atoms with Gasteiger partial charge in [-0.2, -0.15) is 11.8 Å². The maximum atomic E-state index is 11.8. The SMILES string of the molecule is CCOC(=O)c1cc(N)ncc1NCC(C)CSC. The molecule has 0 aliphatic heterocycles. The lowest BCUT2D eigenvalue weighted by atomic mass is 10.2. The molecule has 0 aliphatic carbocycles. The van der Waals surface area contributed by atoms with Crippen LogP contribution in [-0.2, 0) is 4.74 Å². The first kappa shape index (κ1) is 15.6. The Bertz CT molecular complexity index is 426. The quantitative estimate of drug-likeness (QED) is 0.747. The Morgan fingerprint density at radius 1 is 1.63 bits per heavy atom. The van der Waals surface area contributed by atoms with E-state index in [9.17, 15) is 4.79 Å². The summed E-state index contributed by atoms with van der Waals surface area (Å²) in [5.74, 6) is 1.49. The number of pyridine rings is 1. The topological polar surface area (TPSA) is 77.2 Å². The zero-order valence-corrected chi connectivity index (χ0v) is 12.4. The van der Waals surface area contributed by atoms with Crippen LogP contribution in [-0.4, -0.2) is 36.1 Å². The molecule has 0 aliphatic rings. The summed E-state index contributed by atoms with van der Waals surface area (Å²) in [4.78, 5) is 15.8. The monoisotopic (exact) mass is 283 g/mol. The van der Waals surface area contributed by atoms with Crippen molar-refractivity contribution in [2.45, 2.75) is 13.8 Å². The van der Waals surface area contributed by atoms with E-state index in [2.05, 4.69) is 23.5 Å². The van der Waals surface area contributed by atoms with E-state index >= 15 is 0 Å². The lowest BCUT2D eigenvalue weighted by molar-refractivity contribution is 0.0527. The second-order valence-corrected chi connectivity index (χ2v) is 5.23. The Balaban J connectivity index is 2.79. The summed E-state index contributed by atoms with van der Waals surface area (Å²) < 4.78 is 5.01. The number of nitrogen functional groups attached to an aromatic ring is 1. The molecule has 0 fully saturated rings. The lowest BCUT2D eigenvalue weighted by Crippen LogP contribution is -2.17. The van der Waals surface area contributed by atoms with Gasteiger partial charge in [0, 0.05) is 6.54 Å². The van der Waals surface area contributed by atoms with Gasteiger partial charge < -0.3 is 15.8 Å². The van der Waals surface area contributed by atoms with Crippen molar-refractivity contribution in [1.29, 1.82) is 0 Å². The van der Waals surface area contributed by atoms with E-state index < -0.39 is 0 Å². The minimum absolute atomic E-state index is 0.311. The van der Waals surface area contributed by atoms with Crippen LogP contribution in [0.4, 0.5) is 11.5 Å². The molecule has 1 heterocycles. The summed E-state index contributed by atoms with van der Waals surface area (Å²) in [6, 6.07) is 1.54. The summed E-state index contributed by atoms with van der Waals surface area (Å²) in [5.41, 5.74) is 6.72. The van der Waals surface area contributed by atoms with Crippen LogP contribution in [0.1, 0.15) is 24.2 Å². The smallest absolute Gasteiger partial charge is 0.340 e. The third-order valence-corrected chi connectivity index (χ3v) is 3.41. The van der Waals surface area contributed by atoms with E-state index in [1.807, 2.05) is 0 Å². The zero-order valence-electron chi connectivity index (χ0n) is 11.6. The molecule has 5 nitrogen and oxygen atoms in total. The number of rotatable bonds is 7. The number of anilines is 2. The fourth-order valence-electron chi connectivity index (χ4n) is 1.62. The molecule has 0 bridgehead atoms. The van der Waals surface area contributed by atoms with E-state index in [1.165, 1.54) is 0 Å². The average molecular weight is 283 g/mol. The van der Waals surface area contributed by atoms with Crippen molar-refractivity contribution < 1.29 is 9.53 Å². The van der Waals surface area contributed by atoms with Crippen molar-refractivity contribution in [3.8, 4) is 0 Å². The van der Waals surface area contributed by atoms with Gasteiger partial charge in [-0.1, -0.05) is 6.92 Å². The molecule has 1 aromatic heterocycles. The highest BCUT2D eigenvalue weighted by Gasteiger charge is 2.14. The third kappa shape index (κ3) is 4.98. The molecule has 0 saturated heterocycles. The highest BCUT2D eigenvalue weighted by Crippen LogP contribution is 2.18. The Morgan fingerprint density at radius 3 is 3.00 bits per heavy atom. The fourth-order valence-corrected chi connectivity index (χ4v) is 2.30. The molecule has 19 heavy (non-hydrogen) atoms. The number of hydrogen-bond acceptors (Lipinski definition) is 6. The maximum Gasteiger partial charge on any atom is 0.340 e. The molecule has 106 valence electrons. The third-order valence-electron chi connectivity index (χ3n) is 2.51. The Labute approximate surface area is 118 Å². The number of thioether (sulfide) groups is 1. The second-order valence-electron chi connectivity index (χ2n) is 4.32. The molecule has 3 N–H and O–H groups in total. The van der Waals surface area contributed by atoms with Gasteiger partial charge >= 0.3 is 5.97 Å². The fraction of sp³-hybridized carbons (Fsp3) is 0.538. The van der Waals surface area contributed by atoms with E-state index in [0.717, 1.165) is 12.3 Å². The second kappa shape index (κ2) is 7.89. The van der Waals surface area contributed by atoms with Crippen LogP contribution in [0.2, 0.25) is 0 Å². The first-order valence-corrected chi connectivity index (χ1v) is 7.63. The summed E-state index contributed by atoms with van der Waals surface area (Å²) in [7, 11) is 0. The van der Waals surface area contributed by atoms with Crippen molar-refractivity contribution in [3.05, 3.63) is 17.8 Å². The van der Waals surface area contributed by atoms with Gasteiger partial charge in [-0.15, -0.1) is 0 Å². The summed E-state index contributed by atoms with van der Waals surface area (Å²) in [6.07, 6.45) is 3.65. The first-order valence-electron chi connectivity index (χ1n) is 6.23. The zero-order chi connectivity index (χ0) is 14.3. The molecule has 0 amide bonds. The van der Waals surface area contributed by atoms with Crippen LogP contribution < -0.4 is 11.1 Å². The number of nitrogens with one attached hydrogen (secondary N) is 1. The van der Waals surface area contributed by atoms with Crippen LogP contribution >= 0.6 is 11.8 Å². The standard InChI is InChI=1S/C13H21N3O2S/c1-4-18-13(17)10-5-12(14)16-7-11(10)15-6-9(2)8-19-3/h5,7,9,15H,4,6,8H2,1-3H3,(H2,14,16). The minimum Gasteiger partial charge on any atom is -0.462 e. The Hall–Kier alpha value is -1.43. The number of carbonyl (C=O) groups excluding carboxylic acids is 1. The Kier molecular flexibility index (Phi) is 6.49. The molecule has 1 atom stereocenters. The average Bonchev–Trinajstić information content (AvgIpc) is 2.38. The molecule has 1 rings (SSSR count).